The first-order chi connectivity index (χ1) is 13.9. The summed E-state index contributed by atoms with van der Waals surface area (Å²) < 4.78 is 25.2. The van der Waals surface area contributed by atoms with Crippen molar-refractivity contribution in [1.29, 1.82) is 0 Å². The third-order valence-corrected chi connectivity index (χ3v) is 6.60. The summed E-state index contributed by atoms with van der Waals surface area (Å²) in [5.74, 6) is -0.691. The van der Waals surface area contributed by atoms with Crippen molar-refractivity contribution in [3.63, 3.8) is 0 Å². The SMILES string of the molecule is NCCC[C@H](NC(=O)c1ccc(-n2cccc2)cc1)C(=O)N1CCS(=O)(=O)CC1. The molecule has 3 rings (SSSR count). The molecule has 29 heavy (non-hydrogen) atoms. The van der Waals surface area contributed by atoms with Gasteiger partial charge in [-0.05, 0) is 55.8 Å². The number of nitrogens with zero attached hydrogens (tertiary/aromatic N) is 2. The fourth-order valence-corrected chi connectivity index (χ4v) is 4.47. The fraction of sp³-hybridized carbons (Fsp3) is 0.400. The highest BCUT2D eigenvalue weighted by Gasteiger charge is 2.30. The quantitative estimate of drug-likeness (QED) is 0.682. The smallest absolute Gasteiger partial charge is 0.251 e. The van der Waals surface area contributed by atoms with Gasteiger partial charge in [0.25, 0.3) is 5.91 Å². The summed E-state index contributed by atoms with van der Waals surface area (Å²) in [6, 6.07) is 10.2. The number of sulfone groups is 1. The average Bonchev–Trinajstić information content (AvgIpc) is 3.25. The summed E-state index contributed by atoms with van der Waals surface area (Å²) in [5, 5.41) is 2.80. The molecular formula is C20H26N4O4S. The fourth-order valence-electron chi connectivity index (χ4n) is 3.27. The number of aromatic nitrogens is 1. The summed E-state index contributed by atoms with van der Waals surface area (Å²) in [7, 11) is -3.08. The Morgan fingerprint density at radius 1 is 1.07 bits per heavy atom. The maximum Gasteiger partial charge on any atom is 0.251 e. The molecule has 0 radical (unpaired) electrons. The third-order valence-electron chi connectivity index (χ3n) is 4.99. The molecule has 1 aliphatic rings. The molecule has 156 valence electrons. The van der Waals surface area contributed by atoms with E-state index in [4.69, 9.17) is 5.73 Å². The highest BCUT2D eigenvalue weighted by Crippen LogP contribution is 2.12. The molecule has 1 fully saturated rings. The van der Waals surface area contributed by atoms with Crippen LogP contribution in [0.1, 0.15) is 23.2 Å². The minimum Gasteiger partial charge on any atom is -0.340 e. The van der Waals surface area contributed by atoms with E-state index in [0.29, 0.717) is 24.9 Å². The molecule has 0 saturated carbocycles. The molecule has 3 N–H and O–H groups in total. The van der Waals surface area contributed by atoms with Crippen molar-refractivity contribution < 1.29 is 18.0 Å². The second-order valence-corrected chi connectivity index (χ2v) is 9.37. The Hall–Kier alpha value is -2.65. The molecular weight excluding hydrogens is 392 g/mol. The van der Waals surface area contributed by atoms with Gasteiger partial charge in [0.15, 0.2) is 9.84 Å². The number of hydrogen-bond donors (Lipinski definition) is 2. The van der Waals surface area contributed by atoms with Crippen LogP contribution in [0.2, 0.25) is 0 Å². The topological polar surface area (TPSA) is 114 Å². The Bertz CT molecular complexity index is 925. The average molecular weight is 419 g/mol. The molecule has 1 aromatic carbocycles. The van der Waals surface area contributed by atoms with Crippen LogP contribution in [0.25, 0.3) is 5.69 Å². The van der Waals surface area contributed by atoms with Gasteiger partial charge in [0.1, 0.15) is 6.04 Å². The Morgan fingerprint density at radius 3 is 2.28 bits per heavy atom. The van der Waals surface area contributed by atoms with Crippen LogP contribution < -0.4 is 11.1 Å². The van der Waals surface area contributed by atoms with Crippen molar-refractivity contribution in [2.75, 3.05) is 31.1 Å². The van der Waals surface area contributed by atoms with E-state index in [-0.39, 0.29) is 36.4 Å². The lowest BCUT2D eigenvalue weighted by Gasteiger charge is -2.30. The van der Waals surface area contributed by atoms with Crippen LogP contribution in [0.5, 0.6) is 0 Å². The van der Waals surface area contributed by atoms with Gasteiger partial charge in [-0.25, -0.2) is 8.42 Å². The number of carbonyl (C=O) groups is 2. The predicted molar refractivity (Wildman–Crippen MR) is 111 cm³/mol. The minimum absolute atomic E-state index is 0.0445. The Balaban J connectivity index is 1.67. The summed E-state index contributed by atoms with van der Waals surface area (Å²) in [6.45, 7) is 0.711. The van der Waals surface area contributed by atoms with Crippen LogP contribution in [-0.2, 0) is 14.6 Å². The van der Waals surface area contributed by atoms with Crippen LogP contribution in [0.15, 0.2) is 48.8 Å². The van der Waals surface area contributed by atoms with E-state index in [2.05, 4.69) is 5.32 Å². The van der Waals surface area contributed by atoms with Gasteiger partial charge in [0.05, 0.1) is 11.5 Å². The maximum atomic E-state index is 12.9. The third kappa shape index (κ3) is 5.45. The highest BCUT2D eigenvalue weighted by molar-refractivity contribution is 7.91. The van der Waals surface area contributed by atoms with E-state index in [9.17, 15) is 18.0 Å². The number of nitrogens with one attached hydrogen (secondary N) is 1. The van der Waals surface area contributed by atoms with E-state index >= 15 is 0 Å². The van der Waals surface area contributed by atoms with Gasteiger partial charge in [0.2, 0.25) is 5.91 Å². The Labute approximate surface area is 170 Å². The largest absolute Gasteiger partial charge is 0.340 e. The first kappa shape index (κ1) is 21.1. The van der Waals surface area contributed by atoms with Gasteiger partial charge in [-0.1, -0.05) is 0 Å². The van der Waals surface area contributed by atoms with Gasteiger partial charge >= 0.3 is 0 Å². The van der Waals surface area contributed by atoms with Gasteiger partial charge in [-0.2, -0.15) is 0 Å². The van der Waals surface area contributed by atoms with E-state index in [1.165, 1.54) is 4.90 Å². The first-order valence-electron chi connectivity index (χ1n) is 9.63. The first-order valence-corrected chi connectivity index (χ1v) is 11.5. The van der Waals surface area contributed by atoms with E-state index in [1.54, 1.807) is 12.1 Å². The van der Waals surface area contributed by atoms with E-state index in [1.807, 2.05) is 41.2 Å². The molecule has 1 atom stereocenters. The van der Waals surface area contributed by atoms with Crippen LogP contribution in [0.3, 0.4) is 0 Å². The van der Waals surface area contributed by atoms with Crippen molar-refractivity contribution >= 4 is 21.7 Å². The van der Waals surface area contributed by atoms with Crippen molar-refractivity contribution in [3.05, 3.63) is 54.4 Å². The summed E-state index contributed by atoms with van der Waals surface area (Å²) in [6.07, 6.45) is 4.81. The highest BCUT2D eigenvalue weighted by atomic mass is 32.2. The van der Waals surface area contributed by atoms with Crippen LogP contribution >= 0.6 is 0 Å². The molecule has 2 heterocycles. The number of nitrogens with two attached hydrogens (primary N) is 1. The van der Waals surface area contributed by atoms with E-state index in [0.717, 1.165) is 5.69 Å². The van der Waals surface area contributed by atoms with Crippen molar-refractivity contribution in [3.8, 4) is 5.69 Å². The number of hydrogen-bond acceptors (Lipinski definition) is 5. The molecule has 8 nitrogen and oxygen atoms in total. The Kier molecular flexibility index (Phi) is 6.71. The summed E-state index contributed by atoms with van der Waals surface area (Å²) in [5.41, 5.74) is 6.96. The number of amides is 2. The molecule has 0 spiro atoms. The van der Waals surface area contributed by atoms with Gasteiger partial charge < -0.3 is 20.5 Å². The maximum absolute atomic E-state index is 12.9. The molecule has 1 aliphatic heterocycles. The molecule has 0 aliphatic carbocycles. The van der Waals surface area contributed by atoms with Gasteiger partial charge in [-0.15, -0.1) is 0 Å². The summed E-state index contributed by atoms with van der Waals surface area (Å²) in [4.78, 5) is 27.1. The molecule has 1 aromatic heterocycles. The molecule has 2 amide bonds. The zero-order valence-electron chi connectivity index (χ0n) is 16.2. The van der Waals surface area contributed by atoms with Crippen molar-refractivity contribution in [2.45, 2.75) is 18.9 Å². The number of benzene rings is 1. The molecule has 1 saturated heterocycles. The van der Waals surface area contributed by atoms with E-state index < -0.39 is 15.9 Å². The van der Waals surface area contributed by atoms with Gasteiger partial charge in [0, 0.05) is 36.7 Å². The predicted octanol–water partition coefficient (Wildman–Crippen LogP) is 0.572. The molecule has 0 bridgehead atoms. The van der Waals surface area contributed by atoms with Crippen LogP contribution in [0.4, 0.5) is 0 Å². The monoisotopic (exact) mass is 418 g/mol. The number of rotatable bonds is 7. The summed E-state index contributed by atoms with van der Waals surface area (Å²) >= 11 is 0. The van der Waals surface area contributed by atoms with Crippen LogP contribution in [0, 0.1) is 0 Å². The van der Waals surface area contributed by atoms with Gasteiger partial charge in [-0.3, -0.25) is 9.59 Å². The Morgan fingerprint density at radius 2 is 1.69 bits per heavy atom. The molecule has 9 heteroatoms. The zero-order valence-corrected chi connectivity index (χ0v) is 17.0. The zero-order chi connectivity index (χ0) is 20.9. The second kappa shape index (κ2) is 9.23. The normalized spacial score (nSPS) is 16.9. The van der Waals surface area contributed by atoms with Crippen LogP contribution in [-0.4, -0.2) is 66.9 Å². The molecule has 2 aromatic rings. The standard InChI is InChI=1S/C20H26N4O4S/c21-9-3-4-18(20(26)24-12-14-29(27,28)15-13-24)22-19(25)16-5-7-17(8-6-16)23-10-1-2-11-23/h1-2,5-8,10-11,18H,3-4,9,12-15,21H2,(H,22,25)/t18-/m0/s1. The minimum atomic E-state index is -3.08. The molecule has 0 unspecified atom stereocenters. The van der Waals surface area contributed by atoms with Crippen molar-refractivity contribution in [1.82, 2.24) is 14.8 Å². The second-order valence-electron chi connectivity index (χ2n) is 7.07. The lowest BCUT2D eigenvalue weighted by atomic mass is 10.1. The van der Waals surface area contributed by atoms with Crippen molar-refractivity contribution in [2.24, 2.45) is 5.73 Å². The number of carbonyl (C=O) groups excluding carboxylic acids is 2. The lowest BCUT2D eigenvalue weighted by molar-refractivity contribution is -0.133. The lowest BCUT2D eigenvalue weighted by Crippen LogP contribution is -2.53.